The van der Waals surface area contributed by atoms with E-state index in [1.165, 1.54) is 12.8 Å². The summed E-state index contributed by atoms with van der Waals surface area (Å²) in [5.74, 6) is 1.52. The quantitative estimate of drug-likeness (QED) is 0.546. The fourth-order valence-electron chi connectivity index (χ4n) is 0.778. The van der Waals surface area contributed by atoms with Crippen molar-refractivity contribution in [2.45, 2.75) is 24.6 Å². The van der Waals surface area contributed by atoms with Crippen molar-refractivity contribution in [2.24, 2.45) is 5.92 Å². The van der Waals surface area contributed by atoms with Crippen molar-refractivity contribution in [1.29, 1.82) is 0 Å². The van der Waals surface area contributed by atoms with E-state index in [1.54, 1.807) is 0 Å². The lowest BCUT2D eigenvalue weighted by Gasteiger charge is -2.00. The van der Waals surface area contributed by atoms with Gasteiger partial charge in [0, 0.05) is 11.3 Å². The van der Waals surface area contributed by atoms with Crippen LogP contribution in [0.1, 0.15) is 19.3 Å². The maximum Gasteiger partial charge on any atom is 0.0474 e. The van der Waals surface area contributed by atoms with Crippen LogP contribution in [0.15, 0.2) is 0 Å². The molecule has 1 aliphatic rings. The summed E-state index contributed by atoms with van der Waals surface area (Å²) in [5, 5.41) is 0.226. The molecule has 1 rings (SSSR count). The van der Waals surface area contributed by atoms with E-state index in [0.717, 1.165) is 12.3 Å². The summed E-state index contributed by atoms with van der Waals surface area (Å²) in [7, 11) is 0. The first kappa shape index (κ1) is 6.70. The van der Waals surface area contributed by atoms with Gasteiger partial charge in [-0.1, -0.05) is 12.8 Å². The molecule has 1 aliphatic carbocycles. The average molecular weight is 153 g/mol. The highest BCUT2D eigenvalue weighted by molar-refractivity contribution is 6.28. The van der Waals surface area contributed by atoms with Crippen LogP contribution in [0, 0.1) is 5.92 Å². The summed E-state index contributed by atoms with van der Waals surface area (Å²) in [6.07, 6.45) is 3.88. The van der Waals surface area contributed by atoms with Gasteiger partial charge in [0.15, 0.2) is 0 Å². The van der Waals surface area contributed by atoms with E-state index in [9.17, 15) is 0 Å². The van der Waals surface area contributed by atoms with Crippen molar-refractivity contribution in [1.82, 2.24) is 0 Å². The van der Waals surface area contributed by atoms with Gasteiger partial charge >= 0.3 is 0 Å². The van der Waals surface area contributed by atoms with E-state index >= 15 is 0 Å². The summed E-state index contributed by atoms with van der Waals surface area (Å²) < 4.78 is 0. The largest absolute Gasteiger partial charge is 0.125 e. The van der Waals surface area contributed by atoms with E-state index in [4.69, 9.17) is 23.2 Å². The summed E-state index contributed by atoms with van der Waals surface area (Å²) in [4.78, 5) is 0. The standard InChI is InChI=1S/C6H10Cl2/c7-4-6(8)3-5-1-2-5/h5-6H,1-4H2. The Bertz CT molecular complexity index is 68.9. The maximum atomic E-state index is 5.77. The average Bonchev–Trinajstić information content (AvgIpc) is 2.50. The second kappa shape index (κ2) is 2.93. The van der Waals surface area contributed by atoms with Crippen LogP contribution in [0.2, 0.25) is 0 Å². The molecule has 2 heteroatoms. The molecule has 0 bridgehead atoms. The van der Waals surface area contributed by atoms with Gasteiger partial charge < -0.3 is 0 Å². The lowest BCUT2D eigenvalue weighted by Crippen LogP contribution is -1.99. The van der Waals surface area contributed by atoms with Crippen LogP contribution in [0.4, 0.5) is 0 Å². The minimum absolute atomic E-state index is 0.226. The molecule has 0 aliphatic heterocycles. The molecule has 1 atom stereocenters. The smallest absolute Gasteiger partial charge is 0.0474 e. The van der Waals surface area contributed by atoms with Crippen LogP contribution in [0.5, 0.6) is 0 Å². The van der Waals surface area contributed by atoms with E-state index in [2.05, 4.69) is 0 Å². The summed E-state index contributed by atoms with van der Waals surface area (Å²) in [6, 6.07) is 0. The van der Waals surface area contributed by atoms with Crippen LogP contribution in [0.25, 0.3) is 0 Å². The number of rotatable bonds is 3. The minimum Gasteiger partial charge on any atom is -0.125 e. The zero-order valence-corrected chi connectivity index (χ0v) is 6.25. The summed E-state index contributed by atoms with van der Waals surface area (Å²) in [5.41, 5.74) is 0. The van der Waals surface area contributed by atoms with Crippen molar-refractivity contribution in [2.75, 3.05) is 5.88 Å². The van der Waals surface area contributed by atoms with E-state index in [-0.39, 0.29) is 5.38 Å². The minimum atomic E-state index is 0.226. The van der Waals surface area contributed by atoms with Crippen LogP contribution < -0.4 is 0 Å². The summed E-state index contributed by atoms with van der Waals surface area (Å²) in [6.45, 7) is 0. The van der Waals surface area contributed by atoms with Gasteiger partial charge in [-0.05, 0) is 12.3 Å². The fourth-order valence-corrected chi connectivity index (χ4v) is 1.16. The first-order chi connectivity index (χ1) is 3.83. The number of halogens is 2. The third-order valence-corrected chi connectivity index (χ3v) is 2.32. The molecule has 0 nitrogen and oxygen atoms in total. The molecule has 1 unspecified atom stereocenters. The second-order valence-electron chi connectivity index (χ2n) is 2.43. The molecule has 0 N–H and O–H groups in total. The Hall–Kier alpha value is 0.580. The normalized spacial score (nSPS) is 23.2. The van der Waals surface area contributed by atoms with Gasteiger partial charge in [-0.2, -0.15) is 0 Å². The highest BCUT2D eigenvalue weighted by atomic mass is 35.5. The van der Waals surface area contributed by atoms with Crippen LogP contribution in [-0.2, 0) is 0 Å². The van der Waals surface area contributed by atoms with Crippen LogP contribution in [0.3, 0.4) is 0 Å². The highest BCUT2D eigenvalue weighted by Crippen LogP contribution is 2.34. The molecule has 0 amide bonds. The second-order valence-corrected chi connectivity index (χ2v) is 3.36. The topological polar surface area (TPSA) is 0 Å². The van der Waals surface area contributed by atoms with Gasteiger partial charge in [0.05, 0.1) is 0 Å². The number of hydrogen-bond donors (Lipinski definition) is 0. The lowest BCUT2D eigenvalue weighted by atomic mass is 10.2. The molecule has 48 valence electrons. The van der Waals surface area contributed by atoms with E-state index in [1.807, 2.05) is 0 Å². The summed E-state index contributed by atoms with van der Waals surface area (Å²) >= 11 is 11.3. The Balaban J connectivity index is 1.98. The van der Waals surface area contributed by atoms with Crippen LogP contribution in [-0.4, -0.2) is 11.3 Å². The molecule has 0 aromatic rings. The molecule has 0 spiro atoms. The van der Waals surface area contributed by atoms with Gasteiger partial charge in [-0.25, -0.2) is 0 Å². The third-order valence-electron chi connectivity index (χ3n) is 1.45. The Morgan fingerprint density at radius 2 is 2.12 bits per heavy atom. The zero-order chi connectivity index (χ0) is 5.98. The maximum absolute atomic E-state index is 5.77. The molecule has 1 fully saturated rings. The molecule has 8 heavy (non-hydrogen) atoms. The molecule has 0 heterocycles. The SMILES string of the molecule is ClCC(Cl)CC1CC1. The van der Waals surface area contributed by atoms with Gasteiger partial charge in [-0.15, -0.1) is 23.2 Å². The first-order valence-electron chi connectivity index (χ1n) is 3.03. The van der Waals surface area contributed by atoms with Gasteiger partial charge in [0.1, 0.15) is 0 Å². The molecule has 0 aromatic heterocycles. The molecule has 0 aromatic carbocycles. The van der Waals surface area contributed by atoms with Crippen molar-refractivity contribution in [3.8, 4) is 0 Å². The monoisotopic (exact) mass is 152 g/mol. The molecular weight excluding hydrogens is 143 g/mol. The van der Waals surface area contributed by atoms with E-state index in [0.29, 0.717) is 5.88 Å². The Morgan fingerprint density at radius 3 is 2.50 bits per heavy atom. The number of hydrogen-bond acceptors (Lipinski definition) is 0. The van der Waals surface area contributed by atoms with Crippen molar-refractivity contribution < 1.29 is 0 Å². The van der Waals surface area contributed by atoms with Crippen LogP contribution >= 0.6 is 23.2 Å². The molecule has 1 saturated carbocycles. The number of alkyl halides is 2. The van der Waals surface area contributed by atoms with Gasteiger partial charge in [0.25, 0.3) is 0 Å². The molecule has 0 radical (unpaired) electrons. The highest BCUT2D eigenvalue weighted by Gasteiger charge is 2.23. The first-order valence-corrected chi connectivity index (χ1v) is 4.00. The zero-order valence-electron chi connectivity index (χ0n) is 4.74. The van der Waals surface area contributed by atoms with Gasteiger partial charge in [-0.3, -0.25) is 0 Å². The molecular formula is C6H10Cl2. The van der Waals surface area contributed by atoms with Crippen molar-refractivity contribution in [3.05, 3.63) is 0 Å². The van der Waals surface area contributed by atoms with Crippen molar-refractivity contribution in [3.63, 3.8) is 0 Å². The van der Waals surface area contributed by atoms with Gasteiger partial charge in [0.2, 0.25) is 0 Å². The Morgan fingerprint density at radius 1 is 1.50 bits per heavy atom. The lowest BCUT2D eigenvalue weighted by molar-refractivity contribution is 0.718. The fraction of sp³-hybridized carbons (Fsp3) is 1.00. The Labute approximate surface area is 60.2 Å². The predicted molar refractivity (Wildman–Crippen MR) is 37.7 cm³/mol. The molecule has 0 saturated heterocycles. The third kappa shape index (κ3) is 2.23. The van der Waals surface area contributed by atoms with Crippen molar-refractivity contribution >= 4 is 23.2 Å². The predicted octanol–water partition coefficient (Wildman–Crippen LogP) is 2.63. The Kier molecular flexibility index (Phi) is 2.45. The van der Waals surface area contributed by atoms with E-state index < -0.39 is 0 Å².